The number of hydrogen-bond acceptors (Lipinski definition) is 3. The van der Waals surface area contributed by atoms with Crippen LogP contribution in [0.25, 0.3) is 0 Å². The van der Waals surface area contributed by atoms with Crippen LogP contribution in [0.5, 0.6) is 5.75 Å². The summed E-state index contributed by atoms with van der Waals surface area (Å²) in [4.78, 5) is 0. The molecule has 0 fully saturated rings. The number of halogens is 2. The van der Waals surface area contributed by atoms with Crippen LogP contribution in [-0.2, 0) is 0 Å². The predicted molar refractivity (Wildman–Crippen MR) is 69.1 cm³/mol. The molecule has 0 bridgehead atoms. The maximum atomic E-state index is 5.76. The van der Waals surface area contributed by atoms with Crippen molar-refractivity contribution in [3.05, 3.63) is 24.3 Å². The lowest BCUT2D eigenvalue weighted by Gasteiger charge is -2.18. The van der Waals surface area contributed by atoms with Gasteiger partial charge in [0.2, 0.25) is 0 Å². The van der Waals surface area contributed by atoms with E-state index in [9.17, 15) is 0 Å². The van der Waals surface area contributed by atoms with Crippen molar-refractivity contribution in [2.75, 3.05) is 12.3 Å². The molecule has 0 spiro atoms. The molecule has 3 nitrogen and oxygen atoms in total. The van der Waals surface area contributed by atoms with Gasteiger partial charge in [0.15, 0.2) is 0 Å². The molecule has 0 aliphatic heterocycles. The summed E-state index contributed by atoms with van der Waals surface area (Å²) in [5, 5.41) is 0. The molecule has 5 heteroatoms. The van der Waals surface area contributed by atoms with Crippen LogP contribution in [0.15, 0.2) is 24.3 Å². The van der Waals surface area contributed by atoms with Gasteiger partial charge in [-0.1, -0.05) is 0 Å². The zero-order valence-electron chi connectivity index (χ0n) is 8.90. The quantitative estimate of drug-likeness (QED) is 0.812. The molecule has 1 aromatic carbocycles. The molecular formula is C10H18Cl2N2O. The van der Waals surface area contributed by atoms with E-state index in [1.54, 1.807) is 12.1 Å². The Balaban J connectivity index is 0. The zero-order valence-corrected chi connectivity index (χ0v) is 10.5. The number of anilines is 1. The first-order valence-electron chi connectivity index (χ1n) is 4.25. The average Bonchev–Trinajstić information content (AvgIpc) is 2.02. The lowest BCUT2D eigenvalue weighted by molar-refractivity contribution is 0.243. The monoisotopic (exact) mass is 252 g/mol. The summed E-state index contributed by atoms with van der Waals surface area (Å²) in [7, 11) is 0. The molecule has 0 saturated carbocycles. The predicted octanol–water partition coefficient (Wildman–Crippen LogP) is 2.23. The molecule has 0 heterocycles. The highest BCUT2D eigenvalue weighted by molar-refractivity contribution is 5.85. The van der Waals surface area contributed by atoms with E-state index >= 15 is 0 Å². The molecule has 1 aromatic rings. The number of nitrogens with two attached hydrogens (primary N) is 2. The minimum Gasteiger partial charge on any atom is -0.492 e. The molecule has 4 N–H and O–H groups in total. The molecule has 1 rings (SSSR count). The van der Waals surface area contributed by atoms with E-state index in [0.717, 1.165) is 11.4 Å². The number of nitrogen functional groups attached to an aromatic ring is 1. The lowest BCUT2D eigenvalue weighted by atomic mass is 10.1. The Morgan fingerprint density at radius 1 is 1.13 bits per heavy atom. The Morgan fingerprint density at radius 2 is 1.60 bits per heavy atom. The summed E-state index contributed by atoms with van der Waals surface area (Å²) in [6, 6.07) is 7.28. The molecular weight excluding hydrogens is 235 g/mol. The Kier molecular flexibility index (Phi) is 7.58. The third kappa shape index (κ3) is 7.31. The first-order chi connectivity index (χ1) is 5.97. The standard InChI is InChI=1S/C10H16N2O.2ClH/c1-10(2,12)7-13-9-5-3-8(11)4-6-9;;/h3-6H,7,11-12H2,1-2H3;2*1H. The second kappa shape index (κ2) is 6.77. The van der Waals surface area contributed by atoms with Gasteiger partial charge in [-0.25, -0.2) is 0 Å². The van der Waals surface area contributed by atoms with Gasteiger partial charge in [-0.05, 0) is 38.1 Å². The van der Waals surface area contributed by atoms with Gasteiger partial charge in [0.25, 0.3) is 0 Å². The Hall–Kier alpha value is -0.640. The molecule has 0 aromatic heterocycles. The van der Waals surface area contributed by atoms with E-state index in [0.29, 0.717) is 6.61 Å². The summed E-state index contributed by atoms with van der Waals surface area (Å²) >= 11 is 0. The van der Waals surface area contributed by atoms with Gasteiger partial charge in [0.1, 0.15) is 12.4 Å². The molecule has 0 atom stereocenters. The van der Waals surface area contributed by atoms with E-state index < -0.39 is 0 Å². The summed E-state index contributed by atoms with van der Waals surface area (Å²) < 4.78 is 5.44. The fourth-order valence-electron chi connectivity index (χ4n) is 0.833. The molecule has 0 saturated heterocycles. The SMILES string of the molecule is CC(C)(N)COc1ccc(N)cc1.Cl.Cl. The first-order valence-corrected chi connectivity index (χ1v) is 4.25. The molecule has 0 amide bonds. The van der Waals surface area contributed by atoms with Gasteiger partial charge < -0.3 is 16.2 Å². The van der Waals surface area contributed by atoms with Crippen LogP contribution in [0.2, 0.25) is 0 Å². The minimum atomic E-state index is -0.304. The van der Waals surface area contributed by atoms with Crippen LogP contribution in [-0.4, -0.2) is 12.1 Å². The molecule has 0 unspecified atom stereocenters. The van der Waals surface area contributed by atoms with E-state index in [2.05, 4.69) is 0 Å². The topological polar surface area (TPSA) is 61.3 Å². The van der Waals surface area contributed by atoms with Crippen molar-refractivity contribution in [2.45, 2.75) is 19.4 Å². The highest BCUT2D eigenvalue weighted by Gasteiger charge is 2.10. The minimum absolute atomic E-state index is 0. The van der Waals surface area contributed by atoms with Crippen molar-refractivity contribution in [2.24, 2.45) is 5.73 Å². The molecule has 0 radical (unpaired) electrons. The average molecular weight is 253 g/mol. The van der Waals surface area contributed by atoms with Crippen molar-refractivity contribution in [3.63, 3.8) is 0 Å². The summed E-state index contributed by atoms with van der Waals surface area (Å²) in [6.07, 6.45) is 0. The summed E-state index contributed by atoms with van der Waals surface area (Å²) in [6.45, 7) is 4.34. The van der Waals surface area contributed by atoms with Crippen LogP contribution in [0, 0.1) is 0 Å². The Bertz CT molecular complexity index is 270. The van der Waals surface area contributed by atoms with E-state index in [1.807, 2.05) is 26.0 Å². The molecule has 15 heavy (non-hydrogen) atoms. The second-order valence-corrected chi connectivity index (χ2v) is 3.85. The van der Waals surface area contributed by atoms with E-state index in [-0.39, 0.29) is 30.4 Å². The third-order valence-corrected chi connectivity index (χ3v) is 1.49. The van der Waals surface area contributed by atoms with Crippen molar-refractivity contribution >= 4 is 30.5 Å². The van der Waals surface area contributed by atoms with Crippen molar-refractivity contribution < 1.29 is 4.74 Å². The summed E-state index contributed by atoms with van der Waals surface area (Å²) in [5.74, 6) is 0.799. The van der Waals surface area contributed by atoms with Crippen molar-refractivity contribution in [3.8, 4) is 5.75 Å². The van der Waals surface area contributed by atoms with Crippen LogP contribution in [0.3, 0.4) is 0 Å². The number of hydrogen-bond donors (Lipinski definition) is 2. The van der Waals surface area contributed by atoms with Crippen LogP contribution < -0.4 is 16.2 Å². The summed E-state index contributed by atoms with van der Waals surface area (Å²) in [5.41, 5.74) is 11.7. The Labute approximate surface area is 103 Å². The molecule has 0 aliphatic carbocycles. The number of rotatable bonds is 3. The Morgan fingerprint density at radius 3 is 2.00 bits per heavy atom. The smallest absolute Gasteiger partial charge is 0.119 e. The van der Waals surface area contributed by atoms with Gasteiger partial charge in [-0.3, -0.25) is 0 Å². The second-order valence-electron chi connectivity index (χ2n) is 3.85. The van der Waals surface area contributed by atoms with Crippen LogP contribution in [0.1, 0.15) is 13.8 Å². The number of ether oxygens (including phenoxy) is 1. The van der Waals surface area contributed by atoms with E-state index in [4.69, 9.17) is 16.2 Å². The number of benzene rings is 1. The van der Waals surface area contributed by atoms with Gasteiger partial charge in [0, 0.05) is 11.2 Å². The molecule has 0 aliphatic rings. The maximum absolute atomic E-state index is 5.76. The fraction of sp³-hybridized carbons (Fsp3) is 0.400. The third-order valence-electron chi connectivity index (χ3n) is 1.49. The van der Waals surface area contributed by atoms with Crippen LogP contribution in [0.4, 0.5) is 5.69 Å². The van der Waals surface area contributed by atoms with Gasteiger partial charge in [-0.15, -0.1) is 24.8 Å². The van der Waals surface area contributed by atoms with Gasteiger partial charge in [-0.2, -0.15) is 0 Å². The highest BCUT2D eigenvalue weighted by Crippen LogP contribution is 2.14. The van der Waals surface area contributed by atoms with Crippen LogP contribution >= 0.6 is 24.8 Å². The largest absolute Gasteiger partial charge is 0.492 e. The zero-order chi connectivity index (χ0) is 9.90. The first kappa shape index (κ1) is 16.8. The van der Waals surface area contributed by atoms with E-state index in [1.165, 1.54) is 0 Å². The highest BCUT2D eigenvalue weighted by atomic mass is 35.5. The van der Waals surface area contributed by atoms with Gasteiger partial charge >= 0.3 is 0 Å². The lowest BCUT2D eigenvalue weighted by Crippen LogP contribution is -2.38. The normalized spacial score (nSPS) is 9.80. The van der Waals surface area contributed by atoms with Gasteiger partial charge in [0.05, 0.1) is 0 Å². The molecule has 88 valence electrons. The maximum Gasteiger partial charge on any atom is 0.119 e. The fourth-order valence-corrected chi connectivity index (χ4v) is 0.833. The van der Waals surface area contributed by atoms with Crippen molar-refractivity contribution in [1.29, 1.82) is 0 Å². The van der Waals surface area contributed by atoms with Crippen molar-refractivity contribution in [1.82, 2.24) is 0 Å².